The smallest absolute Gasteiger partial charge is 0.429 e. The Balaban J connectivity index is 1.57. The topological polar surface area (TPSA) is 141 Å². The van der Waals surface area contributed by atoms with Crippen LogP contribution < -0.4 is 14.8 Å². The van der Waals surface area contributed by atoms with Crippen LogP contribution in [0.25, 0.3) is 0 Å². The monoisotopic (exact) mass is 483 g/mol. The second kappa shape index (κ2) is 11.1. The molecule has 3 aromatic rings. The van der Waals surface area contributed by atoms with E-state index in [0.717, 1.165) is 11.8 Å². The Morgan fingerprint density at radius 2 is 1.56 bits per heavy atom. The molecule has 0 unspecified atom stereocenters. The molecule has 0 spiro atoms. The minimum absolute atomic E-state index is 0.0161. The molecule has 176 valence electrons. The maximum absolute atomic E-state index is 12.5. The Kier molecular flexibility index (Phi) is 7.93. The molecule has 0 radical (unpaired) electrons. The number of carbonyl (C=O) groups excluding carboxylic acids is 3. The first-order valence-electron chi connectivity index (χ1n) is 10.1. The fourth-order valence-corrected chi connectivity index (χ4v) is 3.67. The van der Waals surface area contributed by atoms with Crippen LogP contribution >= 0.6 is 0 Å². The third-order valence-corrected chi connectivity index (χ3v) is 5.72. The zero-order chi connectivity index (χ0) is 24.6. The molecule has 0 saturated carbocycles. The average molecular weight is 484 g/mol. The molecule has 2 N–H and O–H groups in total. The molecule has 0 atom stereocenters. The van der Waals surface area contributed by atoms with Crippen molar-refractivity contribution in [2.24, 2.45) is 0 Å². The van der Waals surface area contributed by atoms with E-state index in [1.807, 2.05) is 10.8 Å². The largest absolute Gasteiger partial charge is 0.515 e. The molecule has 11 heteroatoms. The van der Waals surface area contributed by atoms with Gasteiger partial charge in [0.2, 0.25) is 5.88 Å². The van der Waals surface area contributed by atoms with E-state index in [-0.39, 0.29) is 34.4 Å². The predicted octanol–water partition coefficient (Wildman–Crippen LogP) is 2.67. The molecule has 10 nitrogen and oxygen atoms in total. The van der Waals surface area contributed by atoms with Crippen molar-refractivity contribution >= 4 is 28.0 Å². The number of hydrogen-bond donors (Lipinski definition) is 2. The van der Waals surface area contributed by atoms with Crippen molar-refractivity contribution in [3.63, 3.8) is 0 Å². The van der Waals surface area contributed by atoms with Gasteiger partial charge in [-0.15, -0.1) is 0 Å². The molecule has 3 rings (SSSR count). The zero-order valence-electron chi connectivity index (χ0n) is 18.1. The number of sulfonamides is 1. The standard InChI is InChI=1S/C23H21N3O7S/c1-2-24-21(27)17-8-11-19(12-9-17)34(30,31)26-22(28)18-10-13-20(25-14-18)33-23(29)32-15-16-6-4-3-5-7-16/h3-14H,2,15H2,1H3,(H,24,27)(H,26,28). The molecule has 0 aliphatic rings. The highest BCUT2D eigenvalue weighted by Gasteiger charge is 2.20. The Morgan fingerprint density at radius 3 is 2.18 bits per heavy atom. The molecule has 34 heavy (non-hydrogen) atoms. The summed E-state index contributed by atoms with van der Waals surface area (Å²) in [6.07, 6.45) is 0.0789. The van der Waals surface area contributed by atoms with Gasteiger partial charge in [-0.3, -0.25) is 9.59 Å². The lowest BCUT2D eigenvalue weighted by molar-refractivity contribution is 0.0910. The number of carbonyl (C=O) groups is 3. The van der Waals surface area contributed by atoms with E-state index in [0.29, 0.717) is 6.54 Å². The maximum Gasteiger partial charge on any atom is 0.515 e. The normalized spacial score (nSPS) is 10.7. The Morgan fingerprint density at radius 1 is 0.882 bits per heavy atom. The van der Waals surface area contributed by atoms with Crippen molar-refractivity contribution in [3.8, 4) is 5.88 Å². The summed E-state index contributed by atoms with van der Waals surface area (Å²) in [5.74, 6) is -1.40. The molecule has 0 saturated heterocycles. The van der Waals surface area contributed by atoms with Gasteiger partial charge < -0.3 is 14.8 Å². The van der Waals surface area contributed by atoms with Gasteiger partial charge in [0.1, 0.15) is 6.61 Å². The van der Waals surface area contributed by atoms with Crippen molar-refractivity contribution < 1.29 is 32.3 Å². The van der Waals surface area contributed by atoms with Gasteiger partial charge in [0, 0.05) is 24.4 Å². The average Bonchev–Trinajstić information content (AvgIpc) is 2.84. The fraction of sp³-hybridized carbons (Fsp3) is 0.130. The van der Waals surface area contributed by atoms with Crippen LogP contribution in [0.4, 0.5) is 4.79 Å². The van der Waals surface area contributed by atoms with Gasteiger partial charge in [-0.05, 0) is 42.8 Å². The second-order valence-electron chi connectivity index (χ2n) is 6.83. The number of nitrogens with one attached hydrogen (secondary N) is 2. The minimum Gasteiger partial charge on any atom is -0.429 e. The summed E-state index contributed by atoms with van der Waals surface area (Å²) >= 11 is 0. The van der Waals surface area contributed by atoms with Crippen molar-refractivity contribution in [1.29, 1.82) is 0 Å². The van der Waals surface area contributed by atoms with Crippen molar-refractivity contribution in [1.82, 2.24) is 15.0 Å². The van der Waals surface area contributed by atoms with Crippen LogP contribution in [-0.4, -0.2) is 37.9 Å². The molecule has 0 fully saturated rings. The Hall–Kier alpha value is -4.25. The van der Waals surface area contributed by atoms with E-state index in [1.54, 1.807) is 31.2 Å². The Bertz CT molecular complexity index is 1260. The molecule has 2 aromatic carbocycles. The number of hydrogen-bond acceptors (Lipinski definition) is 8. The van der Waals surface area contributed by atoms with Crippen LogP contribution in [0.15, 0.2) is 77.8 Å². The molecule has 0 aliphatic carbocycles. The lowest BCUT2D eigenvalue weighted by Gasteiger charge is -2.09. The molecule has 0 bridgehead atoms. The summed E-state index contributed by atoms with van der Waals surface area (Å²) in [5, 5.41) is 2.60. The van der Waals surface area contributed by atoms with Crippen LogP contribution in [0, 0.1) is 0 Å². The SMILES string of the molecule is CCNC(=O)c1ccc(S(=O)(=O)NC(=O)c2ccc(OC(=O)OCc3ccccc3)nc2)cc1. The van der Waals surface area contributed by atoms with E-state index in [1.165, 1.54) is 36.4 Å². The van der Waals surface area contributed by atoms with Crippen LogP contribution in [0.3, 0.4) is 0 Å². The number of amides is 2. The Labute approximate surface area is 196 Å². The van der Waals surface area contributed by atoms with E-state index < -0.39 is 22.1 Å². The molecular weight excluding hydrogens is 462 g/mol. The third kappa shape index (κ3) is 6.62. The second-order valence-corrected chi connectivity index (χ2v) is 8.51. The number of nitrogens with zero attached hydrogens (tertiary/aromatic N) is 1. The van der Waals surface area contributed by atoms with Gasteiger partial charge in [0.15, 0.2) is 0 Å². The molecular formula is C23H21N3O7S. The van der Waals surface area contributed by atoms with Gasteiger partial charge in [0.25, 0.3) is 21.8 Å². The first-order valence-corrected chi connectivity index (χ1v) is 11.6. The van der Waals surface area contributed by atoms with Crippen LogP contribution in [-0.2, 0) is 21.4 Å². The van der Waals surface area contributed by atoms with E-state index in [4.69, 9.17) is 9.47 Å². The number of benzene rings is 2. The zero-order valence-corrected chi connectivity index (χ0v) is 18.9. The summed E-state index contributed by atoms with van der Waals surface area (Å²) < 4.78 is 36.8. The number of aromatic nitrogens is 1. The highest BCUT2D eigenvalue weighted by Crippen LogP contribution is 2.13. The summed E-state index contributed by atoms with van der Waals surface area (Å²) in [5.41, 5.74) is 0.987. The van der Waals surface area contributed by atoms with Gasteiger partial charge in [0.05, 0.1) is 10.5 Å². The first kappa shape index (κ1) is 24.4. The molecule has 2 amide bonds. The third-order valence-electron chi connectivity index (χ3n) is 4.38. The van der Waals surface area contributed by atoms with E-state index in [9.17, 15) is 22.8 Å². The summed E-state index contributed by atoms with van der Waals surface area (Å²) in [7, 11) is -4.19. The lowest BCUT2D eigenvalue weighted by Crippen LogP contribution is -2.30. The van der Waals surface area contributed by atoms with Crippen LogP contribution in [0.5, 0.6) is 5.88 Å². The van der Waals surface area contributed by atoms with Crippen LogP contribution in [0.2, 0.25) is 0 Å². The van der Waals surface area contributed by atoms with Gasteiger partial charge in [-0.2, -0.15) is 0 Å². The van der Waals surface area contributed by atoms with E-state index in [2.05, 4.69) is 10.3 Å². The van der Waals surface area contributed by atoms with Gasteiger partial charge in [-0.1, -0.05) is 30.3 Å². The fourth-order valence-electron chi connectivity index (χ4n) is 2.69. The summed E-state index contributed by atoms with van der Waals surface area (Å²) in [4.78, 5) is 39.6. The summed E-state index contributed by atoms with van der Waals surface area (Å²) in [6.45, 7) is 2.21. The number of rotatable bonds is 8. The molecule has 1 aromatic heterocycles. The quantitative estimate of drug-likeness (QED) is 0.466. The van der Waals surface area contributed by atoms with Crippen LogP contribution in [0.1, 0.15) is 33.2 Å². The predicted molar refractivity (Wildman–Crippen MR) is 121 cm³/mol. The highest BCUT2D eigenvalue weighted by atomic mass is 32.2. The van der Waals surface area contributed by atoms with Crippen molar-refractivity contribution in [3.05, 3.63) is 89.6 Å². The van der Waals surface area contributed by atoms with Crippen molar-refractivity contribution in [2.75, 3.05) is 6.54 Å². The molecule has 1 heterocycles. The highest BCUT2D eigenvalue weighted by molar-refractivity contribution is 7.90. The lowest BCUT2D eigenvalue weighted by atomic mass is 10.2. The number of ether oxygens (including phenoxy) is 2. The van der Waals surface area contributed by atoms with E-state index >= 15 is 0 Å². The maximum atomic E-state index is 12.5. The van der Waals surface area contributed by atoms with Crippen molar-refractivity contribution in [2.45, 2.75) is 18.4 Å². The molecule has 0 aliphatic heterocycles. The van der Waals surface area contributed by atoms with Gasteiger partial charge >= 0.3 is 6.16 Å². The van der Waals surface area contributed by atoms with Gasteiger partial charge in [-0.25, -0.2) is 22.9 Å². The first-order chi connectivity index (χ1) is 16.3. The summed E-state index contributed by atoms with van der Waals surface area (Å²) in [6, 6.07) is 16.6. The number of pyridine rings is 1. The minimum atomic E-state index is -4.19.